The molecule has 4 aromatic rings. The lowest BCUT2D eigenvalue weighted by Gasteiger charge is -2.15. The first-order chi connectivity index (χ1) is 19.3. The predicted molar refractivity (Wildman–Crippen MR) is 137 cm³/mol. The van der Waals surface area contributed by atoms with Gasteiger partial charge in [-0.1, -0.05) is 36.4 Å². The number of halogens is 6. The maximum Gasteiger partial charge on any atom is 0.416 e. The highest BCUT2D eigenvalue weighted by Gasteiger charge is 2.31. The van der Waals surface area contributed by atoms with Crippen LogP contribution >= 0.6 is 0 Å². The van der Waals surface area contributed by atoms with Gasteiger partial charge in [-0.25, -0.2) is 4.79 Å². The average molecular weight is 573 g/mol. The number of carbonyl (C=O) groups excluding carboxylic acids is 1. The van der Waals surface area contributed by atoms with Gasteiger partial charge in [-0.05, 0) is 77.4 Å². The molecule has 11 heteroatoms. The van der Waals surface area contributed by atoms with Crippen molar-refractivity contribution in [2.75, 3.05) is 0 Å². The summed E-state index contributed by atoms with van der Waals surface area (Å²) in [7, 11) is 0. The van der Waals surface area contributed by atoms with Crippen LogP contribution in [0.15, 0.2) is 97.1 Å². The quantitative estimate of drug-likeness (QED) is 0.213. The zero-order valence-corrected chi connectivity index (χ0v) is 21.0. The highest BCUT2D eigenvalue weighted by molar-refractivity contribution is 5.96. The number of alkyl halides is 6. The van der Waals surface area contributed by atoms with Crippen LogP contribution in [-0.2, 0) is 23.6 Å². The summed E-state index contributed by atoms with van der Waals surface area (Å²) in [5, 5.41) is 12.1. The average Bonchev–Trinajstić information content (AvgIpc) is 2.93. The Morgan fingerprint density at radius 3 is 1.51 bits per heavy atom. The molecule has 0 aliphatic rings. The van der Waals surface area contributed by atoms with Gasteiger partial charge in [-0.3, -0.25) is 4.79 Å². The maximum atomic E-state index is 12.8. The SMILES string of the molecule is O=C(N[C@@H](Cc1ccc(-c2ccc(C(F)(F)F)cc2)cc1)C(=O)O)c1ccc(Oc2ccc(C(F)(F)F)cc2)cc1. The number of hydrogen-bond acceptors (Lipinski definition) is 3. The van der Waals surface area contributed by atoms with E-state index >= 15 is 0 Å². The van der Waals surface area contributed by atoms with Crippen molar-refractivity contribution in [1.29, 1.82) is 0 Å². The summed E-state index contributed by atoms with van der Waals surface area (Å²) in [6, 6.07) is 19.6. The molecule has 0 aliphatic heterocycles. The number of benzene rings is 4. The largest absolute Gasteiger partial charge is 0.480 e. The van der Waals surface area contributed by atoms with Gasteiger partial charge in [0.2, 0.25) is 0 Å². The maximum absolute atomic E-state index is 12.8. The topological polar surface area (TPSA) is 75.6 Å². The summed E-state index contributed by atoms with van der Waals surface area (Å²) < 4.78 is 82.0. The van der Waals surface area contributed by atoms with Gasteiger partial charge in [0.1, 0.15) is 17.5 Å². The Morgan fingerprint density at radius 2 is 1.07 bits per heavy atom. The number of hydrogen-bond donors (Lipinski definition) is 2. The van der Waals surface area contributed by atoms with E-state index in [4.69, 9.17) is 4.74 Å². The Hall–Kier alpha value is -4.80. The first-order valence-electron chi connectivity index (χ1n) is 12.0. The molecule has 0 unspecified atom stereocenters. The van der Waals surface area contributed by atoms with Crippen molar-refractivity contribution in [3.8, 4) is 22.6 Å². The Bertz CT molecular complexity index is 1500. The van der Waals surface area contributed by atoms with Crippen molar-refractivity contribution in [2.24, 2.45) is 0 Å². The molecule has 1 atom stereocenters. The number of carbonyl (C=O) groups is 2. The lowest BCUT2D eigenvalue weighted by atomic mass is 9.99. The van der Waals surface area contributed by atoms with Crippen LogP contribution in [0.2, 0.25) is 0 Å². The minimum atomic E-state index is -4.47. The van der Waals surface area contributed by atoms with E-state index in [0.717, 1.165) is 36.4 Å². The Kier molecular flexibility index (Phi) is 8.36. The Balaban J connectivity index is 1.37. The van der Waals surface area contributed by atoms with E-state index in [-0.39, 0.29) is 23.5 Å². The van der Waals surface area contributed by atoms with E-state index in [9.17, 15) is 41.0 Å². The zero-order chi connectivity index (χ0) is 29.8. The van der Waals surface area contributed by atoms with E-state index in [2.05, 4.69) is 5.32 Å². The van der Waals surface area contributed by atoms with Crippen molar-refractivity contribution < 1.29 is 45.8 Å². The fraction of sp³-hybridized carbons (Fsp3) is 0.133. The summed E-state index contributed by atoms with van der Waals surface area (Å²) in [6.45, 7) is 0. The van der Waals surface area contributed by atoms with E-state index in [1.165, 1.54) is 36.4 Å². The van der Waals surface area contributed by atoms with E-state index in [1.807, 2.05) is 0 Å². The Labute approximate surface area is 230 Å². The highest BCUT2D eigenvalue weighted by atomic mass is 19.4. The molecule has 0 heterocycles. The highest BCUT2D eigenvalue weighted by Crippen LogP contribution is 2.32. The molecular weight excluding hydrogens is 552 g/mol. The second kappa shape index (κ2) is 11.7. The van der Waals surface area contributed by atoms with Crippen molar-refractivity contribution in [1.82, 2.24) is 5.32 Å². The standard InChI is InChI=1S/C30H21F6NO4/c31-29(32,33)22-9-5-20(6-10-22)19-3-1-18(2-4-19)17-26(28(39)40)37-27(38)21-7-13-24(14-8-21)41-25-15-11-23(12-16-25)30(34,35)36/h1-16,26H,17H2,(H,37,38)(H,39,40)/t26-/m0/s1. The van der Waals surface area contributed by atoms with Crippen LogP contribution in [0.1, 0.15) is 27.0 Å². The minimum Gasteiger partial charge on any atom is -0.480 e. The van der Waals surface area contributed by atoms with Crippen LogP contribution in [0.25, 0.3) is 11.1 Å². The van der Waals surface area contributed by atoms with Crippen LogP contribution in [0.3, 0.4) is 0 Å². The molecule has 1 amide bonds. The van der Waals surface area contributed by atoms with E-state index in [1.54, 1.807) is 24.3 Å². The van der Waals surface area contributed by atoms with Crippen LogP contribution < -0.4 is 10.1 Å². The molecule has 0 saturated heterocycles. The summed E-state index contributed by atoms with van der Waals surface area (Å²) in [5.74, 6) is -1.53. The van der Waals surface area contributed by atoms with Crippen molar-refractivity contribution >= 4 is 11.9 Å². The number of nitrogens with one attached hydrogen (secondary N) is 1. The molecule has 2 N–H and O–H groups in total. The summed E-state index contributed by atoms with van der Waals surface area (Å²) in [4.78, 5) is 24.5. The van der Waals surface area contributed by atoms with E-state index < -0.39 is 41.4 Å². The molecule has 0 aliphatic carbocycles. The number of carboxylic acids is 1. The third kappa shape index (κ3) is 7.65. The minimum absolute atomic E-state index is 0.0521. The fourth-order valence-corrected chi connectivity index (χ4v) is 3.88. The van der Waals surface area contributed by atoms with Gasteiger partial charge in [-0.2, -0.15) is 26.3 Å². The molecule has 4 rings (SSSR count). The molecule has 5 nitrogen and oxygen atoms in total. The lowest BCUT2D eigenvalue weighted by Crippen LogP contribution is -2.42. The summed E-state index contributed by atoms with van der Waals surface area (Å²) in [5.41, 5.74) is 0.317. The smallest absolute Gasteiger partial charge is 0.416 e. The lowest BCUT2D eigenvalue weighted by molar-refractivity contribution is -0.139. The first-order valence-corrected chi connectivity index (χ1v) is 12.0. The Morgan fingerprint density at radius 1 is 0.659 bits per heavy atom. The van der Waals surface area contributed by atoms with Gasteiger partial charge >= 0.3 is 18.3 Å². The van der Waals surface area contributed by atoms with Crippen molar-refractivity contribution in [2.45, 2.75) is 24.8 Å². The molecule has 212 valence electrons. The third-order valence-electron chi connectivity index (χ3n) is 6.08. The number of aliphatic carboxylic acids is 1. The van der Waals surface area contributed by atoms with Gasteiger partial charge in [-0.15, -0.1) is 0 Å². The van der Waals surface area contributed by atoms with Gasteiger partial charge < -0.3 is 15.2 Å². The number of rotatable bonds is 8. The van der Waals surface area contributed by atoms with Crippen LogP contribution in [0, 0.1) is 0 Å². The number of amides is 1. The second-order valence-corrected chi connectivity index (χ2v) is 8.99. The molecule has 0 radical (unpaired) electrons. The van der Waals surface area contributed by atoms with Crippen LogP contribution in [0.5, 0.6) is 11.5 Å². The molecule has 4 aromatic carbocycles. The molecule has 0 spiro atoms. The van der Waals surface area contributed by atoms with Gasteiger partial charge in [0, 0.05) is 12.0 Å². The van der Waals surface area contributed by atoms with Crippen molar-refractivity contribution in [3.05, 3.63) is 119 Å². The van der Waals surface area contributed by atoms with Crippen LogP contribution in [-0.4, -0.2) is 23.0 Å². The normalized spacial score (nSPS) is 12.4. The second-order valence-electron chi connectivity index (χ2n) is 8.99. The molecular formula is C30H21F6NO4. The van der Waals surface area contributed by atoms with Gasteiger partial charge in [0.15, 0.2) is 0 Å². The molecule has 0 aromatic heterocycles. The van der Waals surface area contributed by atoms with Crippen molar-refractivity contribution in [3.63, 3.8) is 0 Å². The van der Waals surface area contributed by atoms with Crippen LogP contribution in [0.4, 0.5) is 26.3 Å². The monoisotopic (exact) mass is 573 g/mol. The fourth-order valence-electron chi connectivity index (χ4n) is 3.88. The molecule has 0 saturated carbocycles. The number of ether oxygens (including phenoxy) is 1. The predicted octanol–water partition coefficient (Wildman–Crippen LogP) is 7.61. The molecule has 0 bridgehead atoms. The summed E-state index contributed by atoms with van der Waals surface area (Å²) >= 11 is 0. The number of carboxylic acid groups (broad SMARTS) is 1. The van der Waals surface area contributed by atoms with Gasteiger partial charge in [0.05, 0.1) is 11.1 Å². The molecule has 41 heavy (non-hydrogen) atoms. The summed E-state index contributed by atoms with van der Waals surface area (Å²) in [6.07, 6.45) is -8.96. The third-order valence-corrected chi connectivity index (χ3v) is 6.08. The molecule has 0 fully saturated rings. The first kappa shape index (κ1) is 29.2. The van der Waals surface area contributed by atoms with Gasteiger partial charge in [0.25, 0.3) is 5.91 Å². The zero-order valence-electron chi connectivity index (χ0n) is 21.0. The van der Waals surface area contributed by atoms with E-state index in [0.29, 0.717) is 16.7 Å².